The monoisotopic (exact) mass is 389 g/mol. The second-order valence-corrected chi connectivity index (χ2v) is 8.75. The molecule has 0 spiro atoms. The van der Waals surface area contributed by atoms with Crippen LogP contribution in [0.3, 0.4) is 0 Å². The van der Waals surface area contributed by atoms with E-state index in [0.29, 0.717) is 12.1 Å². The minimum Gasteiger partial charge on any atom is -0.348 e. The van der Waals surface area contributed by atoms with Gasteiger partial charge in [0.2, 0.25) is 10.0 Å². The van der Waals surface area contributed by atoms with Crippen LogP contribution in [-0.4, -0.2) is 39.4 Å². The van der Waals surface area contributed by atoms with Gasteiger partial charge in [-0.25, -0.2) is 13.1 Å². The number of nitrogens with one attached hydrogen (secondary N) is 2. The maximum absolute atomic E-state index is 12.4. The van der Waals surface area contributed by atoms with E-state index in [0.717, 1.165) is 12.1 Å². The minimum absolute atomic E-state index is 0.0805. The molecule has 2 aromatic carbocycles. The third-order valence-corrected chi connectivity index (χ3v) is 5.43. The predicted molar refractivity (Wildman–Crippen MR) is 107 cm³/mol. The van der Waals surface area contributed by atoms with Gasteiger partial charge in [-0.05, 0) is 57.3 Å². The lowest BCUT2D eigenvalue weighted by molar-refractivity contribution is 0.0950. The highest BCUT2D eigenvalue weighted by Gasteiger charge is 2.17. The van der Waals surface area contributed by atoms with Crippen molar-refractivity contribution in [3.63, 3.8) is 0 Å². The van der Waals surface area contributed by atoms with Gasteiger partial charge in [-0.3, -0.25) is 4.79 Å². The predicted octanol–water partition coefficient (Wildman–Crippen LogP) is 2.36. The summed E-state index contributed by atoms with van der Waals surface area (Å²) in [7, 11) is 0.395. The largest absolute Gasteiger partial charge is 0.348 e. The van der Waals surface area contributed by atoms with E-state index in [1.54, 1.807) is 26.0 Å². The van der Waals surface area contributed by atoms with E-state index in [4.69, 9.17) is 0 Å². The summed E-state index contributed by atoms with van der Waals surface area (Å²) in [5, 5.41) is 2.83. The molecule has 0 saturated carbocycles. The molecule has 0 radical (unpaired) electrons. The molecule has 0 saturated heterocycles. The number of hydrogen-bond acceptors (Lipinski definition) is 4. The summed E-state index contributed by atoms with van der Waals surface area (Å²) in [5.74, 6) is -0.311. The summed E-state index contributed by atoms with van der Waals surface area (Å²) < 4.78 is 27.0. The zero-order valence-corrected chi connectivity index (χ0v) is 17.0. The zero-order valence-electron chi connectivity index (χ0n) is 16.2. The standard InChI is InChI=1S/C20H27N3O3S/c1-15(2)22-27(25,26)19-7-5-6-18(12-19)20(24)21-13-16-8-10-17(11-9-16)14-23(3)4/h5-12,15,22H,13-14H2,1-4H3,(H,21,24). The van der Waals surface area contributed by atoms with Gasteiger partial charge in [-0.15, -0.1) is 0 Å². The molecule has 0 unspecified atom stereocenters. The fourth-order valence-electron chi connectivity index (χ4n) is 2.59. The molecule has 2 rings (SSSR count). The zero-order chi connectivity index (χ0) is 20.0. The van der Waals surface area contributed by atoms with Gasteiger partial charge < -0.3 is 10.2 Å². The van der Waals surface area contributed by atoms with Gasteiger partial charge >= 0.3 is 0 Å². The third kappa shape index (κ3) is 6.46. The Kier molecular flexibility index (Phi) is 7.12. The lowest BCUT2D eigenvalue weighted by atomic mass is 10.1. The van der Waals surface area contributed by atoms with Crippen LogP contribution in [0.5, 0.6) is 0 Å². The quantitative estimate of drug-likeness (QED) is 0.727. The second-order valence-electron chi connectivity index (χ2n) is 7.04. The second kappa shape index (κ2) is 9.12. The van der Waals surface area contributed by atoms with E-state index in [1.807, 2.05) is 38.4 Å². The normalized spacial score (nSPS) is 11.8. The van der Waals surface area contributed by atoms with E-state index in [-0.39, 0.29) is 16.8 Å². The molecular formula is C20H27N3O3S. The molecule has 0 aromatic heterocycles. The van der Waals surface area contributed by atoms with Crippen molar-refractivity contribution >= 4 is 15.9 Å². The topological polar surface area (TPSA) is 78.5 Å². The van der Waals surface area contributed by atoms with Gasteiger partial charge in [0.25, 0.3) is 5.91 Å². The number of rotatable bonds is 8. The van der Waals surface area contributed by atoms with E-state index >= 15 is 0 Å². The Bertz CT molecular complexity index is 876. The van der Waals surface area contributed by atoms with Crippen LogP contribution in [0.15, 0.2) is 53.4 Å². The number of hydrogen-bond donors (Lipinski definition) is 2. The Labute approximate surface area is 161 Å². The maximum atomic E-state index is 12.4. The van der Waals surface area contributed by atoms with E-state index in [9.17, 15) is 13.2 Å². The molecule has 2 aromatic rings. The smallest absolute Gasteiger partial charge is 0.251 e. The first-order chi connectivity index (χ1) is 12.7. The molecule has 6 nitrogen and oxygen atoms in total. The van der Waals surface area contributed by atoms with Crippen LogP contribution in [0.2, 0.25) is 0 Å². The number of amides is 1. The molecule has 2 N–H and O–H groups in total. The molecule has 0 atom stereocenters. The first-order valence-electron chi connectivity index (χ1n) is 8.80. The van der Waals surface area contributed by atoms with Crippen molar-refractivity contribution in [2.45, 2.75) is 37.9 Å². The van der Waals surface area contributed by atoms with Crippen molar-refractivity contribution in [1.82, 2.24) is 14.9 Å². The molecule has 27 heavy (non-hydrogen) atoms. The van der Waals surface area contributed by atoms with Gasteiger partial charge in [0.15, 0.2) is 0 Å². The number of benzene rings is 2. The van der Waals surface area contributed by atoms with E-state index < -0.39 is 10.0 Å². The lowest BCUT2D eigenvalue weighted by Gasteiger charge is -2.12. The maximum Gasteiger partial charge on any atom is 0.251 e. The van der Waals surface area contributed by atoms with Crippen LogP contribution in [0.4, 0.5) is 0 Å². The fourth-order valence-corrected chi connectivity index (χ4v) is 3.89. The van der Waals surface area contributed by atoms with Crippen molar-refractivity contribution in [1.29, 1.82) is 0 Å². The molecule has 0 aliphatic carbocycles. The highest BCUT2D eigenvalue weighted by Crippen LogP contribution is 2.13. The number of sulfonamides is 1. The average molecular weight is 390 g/mol. The van der Waals surface area contributed by atoms with Crippen LogP contribution in [0, 0.1) is 0 Å². The van der Waals surface area contributed by atoms with Gasteiger partial charge in [-0.1, -0.05) is 30.3 Å². The SMILES string of the molecule is CC(C)NS(=O)(=O)c1cccc(C(=O)NCc2ccc(CN(C)C)cc2)c1. The summed E-state index contributed by atoms with van der Waals surface area (Å²) in [5.41, 5.74) is 2.49. The summed E-state index contributed by atoms with van der Waals surface area (Å²) in [6, 6.07) is 13.8. The summed E-state index contributed by atoms with van der Waals surface area (Å²) >= 11 is 0. The van der Waals surface area contributed by atoms with E-state index in [2.05, 4.69) is 14.9 Å². The summed E-state index contributed by atoms with van der Waals surface area (Å²) in [4.78, 5) is 14.6. The van der Waals surface area contributed by atoms with E-state index in [1.165, 1.54) is 17.7 Å². The van der Waals surface area contributed by atoms with Crippen molar-refractivity contribution in [3.05, 3.63) is 65.2 Å². The Hall–Kier alpha value is -2.22. The molecule has 0 fully saturated rings. The van der Waals surface area contributed by atoms with Gasteiger partial charge in [0, 0.05) is 24.7 Å². The highest BCUT2D eigenvalue weighted by atomic mass is 32.2. The van der Waals surface area contributed by atoms with Gasteiger partial charge in [0.05, 0.1) is 4.90 Å². The fraction of sp³-hybridized carbons (Fsp3) is 0.350. The Balaban J connectivity index is 2.03. The number of carbonyl (C=O) groups excluding carboxylic acids is 1. The molecular weight excluding hydrogens is 362 g/mol. The van der Waals surface area contributed by atoms with Crippen LogP contribution < -0.4 is 10.0 Å². The van der Waals surface area contributed by atoms with Crippen LogP contribution >= 0.6 is 0 Å². The lowest BCUT2D eigenvalue weighted by Crippen LogP contribution is -2.30. The Morgan fingerprint density at radius 1 is 1.04 bits per heavy atom. The molecule has 0 heterocycles. The first kappa shape index (κ1) is 21.1. The minimum atomic E-state index is -3.63. The van der Waals surface area contributed by atoms with Gasteiger partial charge in [-0.2, -0.15) is 0 Å². The third-order valence-electron chi connectivity index (χ3n) is 3.77. The number of nitrogens with zero attached hydrogens (tertiary/aromatic N) is 1. The Morgan fingerprint density at radius 3 is 2.26 bits per heavy atom. The van der Waals surface area contributed by atoms with Crippen molar-refractivity contribution in [3.8, 4) is 0 Å². The van der Waals surface area contributed by atoms with Crippen molar-refractivity contribution in [2.75, 3.05) is 14.1 Å². The first-order valence-corrected chi connectivity index (χ1v) is 10.3. The van der Waals surface area contributed by atoms with Crippen molar-refractivity contribution < 1.29 is 13.2 Å². The average Bonchev–Trinajstić information content (AvgIpc) is 2.59. The molecule has 146 valence electrons. The van der Waals surface area contributed by atoms with Crippen molar-refractivity contribution in [2.24, 2.45) is 0 Å². The van der Waals surface area contributed by atoms with Crippen LogP contribution in [0.1, 0.15) is 35.3 Å². The van der Waals surface area contributed by atoms with Gasteiger partial charge in [0.1, 0.15) is 0 Å². The summed E-state index contributed by atoms with van der Waals surface area (Å²) in [6.07, 6.45) is 0. The molecule has 0 aliphatic rings. The summed E-state index contributed by atoms with van der Waals surface area (Å²) in [6.45, 7) is 4.73. The molecule has 1 amide bonds. The number of carbonyl (C=O) groups is 1. The van der Waals surface area contributed by atoms with Crippen LogP contribution in [-0.2, 0) is 23.1 Å². The highest BCUT2D eigenvalue weighted by molar-refractivity contribution is 7.89. The Morgan fingerprint density at radius 2 is 1.67 bits per heavy atom. The van der Waals surface area contributed by atoms with Crippen LogP contribution in [0.25, 0.3) is 0 Å². The molecule has 7 heteroatoms. The molecule has 0 aliphatic heterocycles. The molecule has 0 bridgehead atoms.